The molecule has 4 rings (SSSR count). The summed E-state index contributed by atoms with van der Waals surface area (Å²) in [4.78, 5) is 21.8. The van der Waals surface area contributed by atoms with Gasteiger partial charge in [0.05, 0.1) is 6.04 Å². The minimum Gasteiger partial charge on any atom is -0.492 e. The van der Waals surface area contributed by atoms with Gasteiger partial charge in [-0.3, -0.25) is 14.7 Å². The fourth-order valence-electron chi connectivity index (χ4n) is 4.93. The van der Waals surface area contributed by atoms with Gasteiger partial charge in [0.15, 0.2) is 0 Å². The van der Waals surface area contributed by atoms with Gasteiger partial charge in [0.2, 0.25) is 5.91 Å². The van der Waals surface area contributed by atoms with E-state index in [0.717, 1.165) is 39.0 Å². The number of amides is 1. The third kappa shape index (κ3) is 6.74. The highest BCUT2D eigenvalue weighted by atomic mass is 19.1. The second-order valence-corrected chi connectivity index (χ2v) is 8.98. The van der Waals surface area contributed by atoms with Gasteiger partial charge in [-0.2, -0.15) is 0 Å². The minimum absolute atomic E-state index is 0.209. The lowest BCUT2D eigenvalue weighted by molar-refractivity contribution is -0.130. The van der Waals surface area contributed by atoms with Gasteiger partial charge in [-0.1, -0.05) is 12.5 Å². The molecule has 1 N–H and O–H groups in total. The Kier molecular flexibility index (Phi) is 8.66. The van der Waals surface area contributed by atoms with Gasteiger partial charge >= 0.3 is 0 Å². The molecule has 33 heavy (non-hydrogen) atoms. The van der Waals surface area contributed by atoms with Crippen molar-refractivity contribution in [2.24, 2.45) is 0 Å². The lowest BCUT2D eigenvalue weighted by Gasteiger charge is -2.38. The second-order valence-electron chi connectivity index (χ2n) is 8.98. The molecule has 0 radical (unpaired) electrons. The van der Waals surface area contributed by atoms with Gasteiger partial charge in [0.25, 0.3) is 0 Å². The van der Waals surface area contributed by atoms with E-state index in [9.17, 15) is 9.18 Å². The van der Waals surface area contributed by atoms with E-state index in [1.54, 1.807) is 12.1 Å². The number of nitrogens with zero attached hydrogens (tertiary/aromatic N) is 3. The van der Waals surface area contributed by atoms with Crippen LogP contribution in [0, 0.1) is 5.82 Å². The summed E-state index contributed by atoms with van der Waals surface area (Å²) in [5.74, 6) is 0.678. The third-order valence-electron chi connectivity index (χ3n) is 6.74. The quantitative estimate of drug-likeness (QED) is 0.524. The van der Waals surface area contributed by atoms with Crippen LogP contribution in [0.4, 0.5) is 4.39 Å². The molecule has 3 heterocycles. The molecule has 1 amide bonds. The maximum absolute atomic E-state index is 13.0. The molecule has 6 nitrogen and oxygen atoms in total. The molecule has 1 aromatic heterocycles. The number of hydrogen-bond acceptors (Lipinski definition) is 5. The number of carbonyl (C=O) groups excluding carboxylic acids is 1. The Labute approximate surface area is 196 Å². The maximum atomic E-state index is 13.0. The predicted molar refractivity (Wildman–Crippen MR) is 127 cm³/mol. The van der Waals surface area contributed by atoms with Gasteiger partial charge in [0.1, 0.15) is 18.2 Å². The molecule has 2 fully saturated rings. The molecular weight excluding hydrogens is 419 g/mol. The molecule has 0 unspecified atom stereocenters. The van der Waals surface area contributed by atoms with E-state index in [1.165, 1.54) is 37.0 Å². The van der Waals surface area contributed by atoms with Crippen molar-refractivity contribution in [3.63, 3.8) is 0 Å². The van der Waals surface area contributed by atoms with Crippen LogP contribution < -0.4 is 10.1 Å². The maximum Gasteiger partial charge on any atom is 0.222 e. The van der Waals surface area contributed by atoms with Crippen LogP contribution in [0.15, 0.2) is 48.8 Å². The molecule has 0 spiro atoms. The van der Waals surface area contributed by atoms with Crippen molar-refractivity contribution in [1.82, 2.24) is 20.1 Å². The zero-order valence-electron chi connectivity index (χ0n) is 19.3. The molecule has 2 saturated heterocycles. The zero-order chi connectivity index (χ0) is 22.9. The Morgan fingerprint density at radius 3 is 2.70 bits per heavy atom. The Bertz CT molecular complexity index is 858. The number of benzene rings is 1. The molecule has 0 aliphatic carbocycles. The van der Waals surface area contributed by atoms with Crippen LogP contribution in [-0.4, -0.2) is 66.1 Å². The van der Waals surface area contributed by atoms with Crippen molar-refractivity contribution in [3.05, 3.63) is 60.2 Å². The van der Waals surface area contributed by atoms with Crippen LogP contribution in [0.3, 0.4) is 0 Å². The minimum atomic E-state index is -0.262. The van der Waals surface area contributed by atoms with Gasteiger partial charge < -0.3 is 15.0 Å². The number of carbonyl (C=O) groups is 1. The van der Waals surface area contributed by atoms with E-state index in [-0.39, 0.29) is 23.8 Å². The van der Waals surface area contributed by atoms with Crippen molar-refractivity contribution in [1.29, 1.82) is 0 Å². The molecule has 2 atom stereocenters. The molecule has 2 aromatic rings. The van der Waals surface area contributed by atoms with Crippen LogP contribution in [0.1, 0.15) is 50.1 Å². The lowest BCUT2D eigenvalue weighted by atomic mass is 10.0. The second kappa shape index (κ2) is 12.1. The fraction of sp³-hybridized carbons (Fsp3) is 0.538. The molecular formula is C26H35FN4O2. The molecule has 2 aliphatic heterocycles. The lowest BCUT2D eigenvalue weighted by Crippen LogP contribution is -2.44. The summed E-state index contributed by atoms with van der Waals surface area (Å²) < 4.78 is 18.6. The largest absolute Gasteiger partial charge is 0.492 e. The smallest absolute Gasteiger partial charge is 0.222 e. The number of pyridine rings is 1. The number of halogens is 1. The van der Waals surface area contributed by atoms with Gasteiger partial charge in [-0.05, 0) is 81.2 Å². The Hall–Kier alpha value is -2.51. The summed E-state index contributed by atoms with van der Waals surface area (Å²) in [6.45, 7) is 4.98. The van der Waals surface area contributed by atoms with E-state index in [1.807, 2.05) is 18.5 Å². The zero-order valence-corrected chi connectivity index (χ0v) is 19.3. The Morgan fingerprint density at radius 2 is 1.94 bits per heavy atom. The van der Waals surface area contributed by atoms with E-state index in [2.05, 4.69) is 26.2 Å². The van der Waals surface area contributed by atoms with Crippen LogP contribution in [0.25, 0.3) is 0 Å². The third-order valence-corrected chi connectivity index (χ3v) is 6.74. The van der Waals surface area contributed by atoms with E-state index in [4.69, 9.17) is 4.74 Å². The fourth-order valence-corrected chi connectivity index (χ4v) is 4.93. The van der Waals surface area contributed by atoms with Crippen LogP contribution >= 0.6 is 0 Å². The first-order valence-electron chi connectivity index (χ1n) is 12.2. The molecule has 7 heteroatoms. The number of ether oxygens (including phenoxy) is 1. The first kappa shape index (κ1) is 23.6. The van der Waals surface area contributed by atoms with Crippen molar-refractivity contribution in [2.75, 3.05) is 39.3 Å². The van der Waals surface area contributed by atoms with Crippen LogP contribution in [0.5, 0.6) is 5.75 Å². The predicted octanol–water partition coefficient (Wildman–Crippen LogP) is 3.80. The first-order chi connectivity index (χ1) is 16.2. The Morgan fingerprint density at radius 1 is 1.12 bits per heavy atom. The topological polar surface area (TPSA) is 57.7 Å². The Balaban J connectivity index is 1.27. The van der Waals surface area contributed by atoms with E-state index < -0.39 is 0 Å². The number of aromatic nitrogens is 1. The van der Waals surface area contributed by atoms with Crippen molar-refractivity contribution in [2.45, 2.75) is 50.6 Å². The highest BCUT2D eigenvalue weighted by molar-refractivity contribution is 5.78. The van der Waals surface area contributed by atoms with Gasteiger partial charge in [-0.25, -0.2) is 4.39 Å². The number of rotatable bonds is 11. The van der Waals surface area contributed by atoms with Crippen molar-refractivity contribution < 1.29 is 13.9 Å². The van der Waals surface area contributed by atoms with Crippen molar-refractivity contribution >= 4 is 5.91 Å². The van der Waals surface area contributed by atoms with Crippen LogP contribution in [-0.2, 0) is 4.79 Å². The monoisotopic (exact) mass is 454 g/mol. The molecule has 2 aliphatic rings. The number of likely N-dealkylation sites (tertiary alicyclic amines) is 2. The number of piperidine rings is 1. The van der Waals surface area contributed by atoms with E-state index in [0.29, 0.717) is 25.3 Å². The molecule has 1 aromatic carbocycles. The SMILES string of the molecule is O=C1CC[C@@H](CCNCCOc2ccc(F)cc2)N1C[C@H](c1cccnc1)N1CCCCC1. The highest BCUT2D eigenvalue weighted by Gasteiger charge is 2.34. The first-order valence-corrected chi connectivity index (χ1v) is 12.2. The average molecular weight is 455 g/mol. The summed E-state index contributed by atoms with van der Waals surface area (Å²) in [5, 5.41) is 3.42. The van der Waals surface area contributed by atoms with Gasteiger partial charge in [-0.15, -0.1) is 0 Å². The standard InChI is InChI=1S/C26H35FN4O2/c27-22-6-9-24(10-7-22)33-18-15-28-14-12-23-8-11-26(32)31(23)20-25(21-5-4-13-29-19-21)30-16-2-1-3-17-30/h4-7,9-10,13,19,23,25,28H,1-3,8,11-12,14-18,20H2/t23-,25+/m0/s1. The normalized spacial score (nSPS) is 20.2. The molecule has 0 saturated carbocycles. The number of nitrogens with one attached hydrogen (secondary N) is 1. The summed E-state index contributed by atoms with van der Waals surface area (Å²) in [5.41, 5.74) is 1.20. The van der Waals surface area contributed by atoms with Gasteiger partial charge in [0, 0.05) is 37.9 Å². The summed E-state index contributed by atoms with van der Waals surface area (Å²) in [6, 6.07) is 10.7. The molecule has 178 valence electrons. The summed E-state index contributed by atoms with van der Waals surface area (Å²) in [7, 11) is 0. The summed E-state index contributed by atoms with van der Waals surface area (Å²) >= 11 is 0. The average Bonchev–Trinajstić information content (AvgIpc) is 3.20. The highest BCUT2D eigenvalue weighted by Crippen LogP contribution is 2.29. The summed E-state index contributed by atoms with van der Waals surface area (Å²) in [6.07, 6.45) is 9.99. The van der Waals surface area contributed by atoms with E-state index >= 15 is 0 Å². The number of hydrogen-bond donors (Lipinski definition) is 1. The van der Waals surface area contributed by atoms with Crippen LogP contribution in [0.2, 0.25) is 0 Å². The molecule has 0 bridgehead atoms. The van der Waals surface area contributed by atoms with Crippen molar-refractivity contribution in [3.8, 4) is 5.75 Å².